The van der Waals surface area contributed by atoms with Crippen molar-refractivity contribution in [3.8, 4) is 5.88 Å². The quantitative estimate of drug-likeness (QED) is 0.509. The van der Waals surface area contributed by atoms with E-state index in [1.54, 1.807) is 19.1 Å². The van der Waals surface area contributed by atoms with Crippen LogP contribution in [0.2, 0.25) is 0 Å². The Morgan fingerprint density at radius 2 is 2.07 bits per heavy atom. The monoisotopic (exact) mass is 423 g/mol. The number of unbranched alkanes of at least 4 members (excludes halogenated alkanes) is 1. The molecule has 158 valence electrons. The number of halogens is 1. The number of carbonyl (C=O) groups excluding carboxylic acids is 2. The minimum atomic E-state index is -0.792. The first-order valence-electron chi connectivity index (χ1n) is 9.14. The van der Waals surface area contributed by atoms with Gasteiger partial charge in [-0.05, 0) is 63.6 Å². The first kappa shape index (κ1) is 22.6. The molecule has 3 amide bonds. The van der Waals surface area contributed by atoms with E-state index in [0.29, 0.717) is 12.1 Å². The Hall–Kier alpha value is -2.72. The van der Waals surface area contributed by atoms with Gasteiger partial charge in [-0.3, -0.25) is 10.1 Å². The number of nitrogens with two attached hydrogens (primary N) is 1. The number of anilines is 1. The van der Waals surface area contributed by atoms with Crippen molar-refractivity contribution < 1.29 is 18.7 Å². The molecule has 4 N–H and O–H groups in total. The fourth-order valence-corrected chi connectivity index (χ4v) is 3.23. The third-order valence-electron chi connectivity index (χ3n) is 4.02. The third-order valence-corrected chi connectivity index (χ3v) is 4.77. The number of nitrogens with one attached hydrogen (secondary N) is 2. The van der Waals surface area contributed by atoms with Crippen LogP contribution in [0.1, 0.15) is 34.3 Å². The van der Waals surface area contributed by atoms with E-state index in [1.165, 1.54) is 6.07 Å². The van der Waals surface area contributed by atoms with Crippen LogP contribution >= 0.6 is 11.5 Å². The van der Waals surface area contributed by atoms with E-state index in [4.69, 9.17) is 10.5 Å². The number of rotatable bonds is 10. The normalized spacial score (nSPS) is 10.8. The molecule has 0 saturated heterocycles. The van der Waals surface area contributed by atoms with E-state index >= 15 is 0 Å². The molecule has 0 radical (unpaired) electrons. The molecule has 0 fully saturated rings. The van der Waals surface area contributed by atoms with Crippen molar-refractivity contribution in [3.63, 3.8) is 0 Å². The maximum Gasteiger partial charge on any atom is 0.319 e. The molecular weight excluding hydrogens is 397 g/mol. The molecule has 2 rings (SSSR count). The second-order valence-electron chi connectivity index (χ2n) is 6.83. The Labute approximate surface area is 173 Å². The highest BCUT2D eigenvalue weighted by Crippen LogP contribution is 2.30. The van der Waals surface area contributed by atoms with Crippen LogP contribution in [0, 0.1) is 12.7 Å². The molecule has 0 aliphatic rings. The van der Waals surface area contributed by atoms with Crippen molar-refractivity contribution in [3.05, 3.63) is 40.7 Å². The molecule has 0 saturated carbocycles. The van der Waals surface area contributed by atoms with Crippen molar-refractivity contribution in [2.45, 2.75) is 26.4 Å². The Morgan fingerprint density at radius 1 is 1.31 bits per heavy atom. The molecule has 8 nitrogen and oxygen atoms in total. The van der Waals surface area contributed by atoms with E-state index in [1.807, 2.05) is 14.1 Å². The summed E-state index contributed by atoms with van der Waals surface area (Å²) in [5.41, 5.74) is 6.49. The van der Waals surface area contributed by atoms with Crippen LogP contribution in [-0.4, -0.2) is 48.4 Å². The van der Waals surface area contributed by atoms with E-state index in [0.717, 1.165) is 36.5 Å². The lowest BCUT2D eigenvalue weighted by molar-refractivity contribution is 0.0996. The van der Waals surface area contributed by atoms with Gasteiger partial charge in [0.15, 0.2) is 0 Å². The zero-order valence-electron chi connectivity index (χ0n) is 16.8. The second kappa shape index (κ2) is 10.7. The van der Waals surface area contributed by atoms with Gasteiger partial charge in [-0.15, -0.1) is 0 Å². The molecule has 1 aromatic carbocycles. The number of benzene rings is 1. The molecule has 1 heterocycles. The molecule has 0 unspecified atom stereocenters. The maximum atomic E-state index is 13.9. The zero-order chi connectivity index (χ0) is 21.4. The van der Waals surface area contributed by atoms with Gasteiger partial charge in [0.2, 0.25) is 5.88 Å². The van der Waals surface area contributed by atoms with Crippen LogP contribution in [0.25, 0.3) is 0 Å². The van der Waals surface area contributed by atoms with Gasteiger partial charge in [0.05, 0.1) is 0 Å². The molecule has 1 aromatic heterocycles. The number of nitrogens with zero attached hydrogens (tertiary/aromatic N) is 2. The predicted molar refractivity (Wildman–Crippen MR) is 111 cm³/mol. The van der Waals surface area contributed by atoms with Crippen LogP contribution in [0.3, 0.4) is 0 Å². The second-order valence-corrected chi connectivity index (χ2v) is 7.60. The SMILES string of the molecule is Cc1ccc(COc2nsc(NC(=O)NCCCCN(C)C)c2C(N)=O)c(F)c1. The summed E-state index contributed by atoms with van der Waals surface area (Å²) in [6, 6.07) is 4.29. The molecule has 2 aromatic rings. The highest BCUT2D eigenvalue weighted by molar-refractivity contribution is 7.11. The number of carbonyl (C=O) groups is 2. The summed E-state index contributed by atoms with van der Waals surface area (Å²) in [5, 5.41) is 5.47. The number of aryl methyl sites for hydroxylation is 1. The van der Waals surface area contributed by atoms with Crippen molar-refractivity contribution in [1.82, 2.24) is 14.6 Å². The molecule has 29 heavy (non-hydrogen) atoms. The molecule has 0 spiro atoms. The Kier molecular flexibility index (Phi) is 8.34. The van der Waals surface area contributed by atoms with Gasteiger partial charge in [-0.1, -0.05) is 12.1 Å². The predicted octanol–water partition coefficient (Wildman–Crippen LogP) is 2.73. The summed E-state index contributed by atoms with van der Waals surface area (Å²) in [4.78, 5) is 26.0. The summed E-state index contributed by atoms with van der Waals surface area (Å²) in [6.45, 7) is 3.10. The zero-order valence-corrected chi connectivity index (χ0v) is 17.6. The Morgan fingerprint density at radius 3 is 2.72 bits per heavy atom. The molecular formula is C19H26FN5O3S. The van der Waals surface area contributed by atoms with Crippen LogP contribution < -0.4 is 21.1 Å². The summed E-state index contributed by atoms with van der Waals surface area (Å²) < 4.78 is 23.5. The van der Waals surface area contributed by atoms with E-state index < -0.39 is 17.8 Å². The lowest BCUT2D eigenvalue weighted by Gasteiger charge is -2.10. The van der Waals surface area contributed by atoms with Crippen LogP contribution in [0.15, 0.2) is 18.2 Å². The number of ether oxygens (including phenoxy) is 1. The van der Waals surface area contributed by atoms with Gasteiger partial charge >= 0.3 is 6.03 Å². The van der Waals surface area contributed by atoms with E-state index in [2.05, 4.69) is 19.9 Å². The number of aromatic nitrogens is 1. The standard InChI is InChI=1S/C19H26FN5O3S/c1-12-6-7-13(14(20)10-12)11-28-17-15(16(21)26)18(29-24-17)23-19(27)22-8-4-5-9-25(2)3/h6-7,10H,4-5,8-9,11H2,1-3H3,(H2,21,26)(H2,22,23,27). The fraction of sp³-hybridized carbons (Fsp3) is 0.421. The van der Waals surface area contributed by atoms with Crippen LogP contribution in [-0.2, 0) is 6.61 Å². The molecule has 0 bridgehead atoms. The van der Waals surface area contributed by atoms with Gasteiger partial charge < -0.3 is 20.7 Å². The summed E-state index contributed by atoms with van der Waals surface area (Å²) in [6.07, 6.45) is 1.78. The highest BCUT2D eigenvalue weighted by atomic mass is 32.1. The van der Waals surface area contributed by atoms with E-state index in [-0.39, 0.29) is 23.1 Å². The summed E-state index contributed by atoms with van der Waals surface area (Å²) in [7, 11) is 3.98. The van der Waals surface area contributed by atoms with Gasteiger partial charge in [-0.25, -0.2) is 9.18 Å². The average molecular weight is 424 g/mol. The number of hydrogen-bond acceptors (Lipinski definition) is 6. The molecule has 0 aliphatic carbocycles. The largest absolute Gasteiger partial charge is 0.471 e. The lowest BCUT2D eigenvalue weighted by atomic mass is 10.1. The van der Waals surface area contributed by atoms with Gasteiger partial charge in [0.1, 0.15) is 23.0 Å². The topological polar surface area (TPSA) is 110 Å². The lowest BCUT2D eigenvalue weighted by Crippen LogP contribution is -2.30. The van der Waals surface area contributed by atoms with Crippen molar-refractivity contribution in [1.29, 1.82) is 0 Å². The number of primary amides is 1. The average Bonchev–Trinajstić information content (AvgIpc) is 3.03. The summed E-state index contributed by atoms with van der Waals surface area (Å²) >= 11 is 0.874. The first-order valence-corrected chi connectivity index (χ1v) is 9.92. The van der Waals surface area contributed by atoms with Gasteiger partial charge in [0, 0.05) is 12.1 Å². The summed E-state index contributed by atoms with van der Waals surface area (Å²) in [5.74, 6) is -1.24. The van der Waals surface area contributed by atoms with Crippen LogP contribution in [0.4, 0.5) is 14.2 Å². The highest BCUT2D eigenvalue weighted by Gasteiger charge is 2.22. The first-order chi connectivity index (χ1) is 13.8. The molecule has 0 aliphatic heterocycles. The van der Waals surface area contributed by atoms with Crippen molar-refractivity contribution in [2.75, 3.05) is 32.5 Å². The van der Waals surface area contributed by atoms with Crippen molar-refractivity contribution in [2.24, 2.45) is 5.73 Å². The van der Waals surface area contributed by atoms with Crippen molar-refractivity contribution >= 4 is 28.5 Å². The minimum Gasteiger partial charge on any atom is -0.471 e. The maximum absolute atomic E-state index is 13.9. The smallest absolute Gasteiger partial charge is 0.319 e. The number of urea groups is 1. The van der Waals surface area contributed by atoms with Gasteiger partial charge in [0.25, 0.3) is 5.91 Å². The minimum absolute atomic E-state index is 0.0368. The van der Waals surface area contributed by atoms with Crippen LogP contribution in [0.5, 0.6) is 5.88 Å². The fourth-order valence-electron chi connectivity index (χ4n) is 2.49. The Balaban J connectivity index is 1.95. The number of amides is 3. The third kappa shape index (κ3) is 6.99. The van der Waals surface area contributed by atoms with Gasteiger partial charge in [-0.2, -0.15) is 4.37 Å². The molecule has 10 heteroatoms. The molecule has 0 atom stereocenters. The Bertz CT molecular complexity index is 856. The van der Waals surface area contributed by atoms with E-state index in [9.17, 15) is 14.0 Å². The number of hydrogen-bond donors (Lipinski definition) is 3.